The fourth-order valence-corrected chi connectivity index (χ4v) is 3.22. The second-order valence-corrected chi connectivity index (χ2v) is 6.46. The first kappa shape index (κ1) is 14.5. The fourth-order valence-electron chi connectivity index (χ4n) is 3.22. The molecule has 23 heavy (non-hydrogen) atoms. The van der Waals surface area contributed by atoms with E-state index in [0.29, 0.717) is 30.0 Å². The summed E-state index contributed by atoms with van der Waals surface area (Å²) in [6.45, 7) is 3.70. The Kier molecular flexibility index (Phi) is 3.32. The van der Waals surface area contributed by atoms with Crippen molar-refractivity contribution in [3.05, 3.63) is 41.1 Å². The summed E-state index contributed by atoms with van der Waals surface area (Å²) in [6, 6.07) is 7.91. The third-order valence-electron chi connectivity index (χ3n) is 4.72. The number of fused-ring (bicyclic) bond motifs is 1. The molecule has 0 radical (unpaired) electrons. The van der Waals surface area contributed by atoms with Crippen molar-refractivity contribution in [2.24, 2.45) is 0 Å². The van der Waals surface area contributed by atoms with Crippen molar-refractivity contribution < 1.29 is 8.78 Å². The second-order valence-electron chi connectivity index (χ2n) is 6.46. The highest BCUT2D eigenvalue weighted by atomic mass is 19.3. The van der Waals surface area contributed by atoms with Crippen LogP contribution in [0.15, 0.2) is 24.3 Å². The van der Waals surface area contributed by atoms with Gasteiger partial charge >= 0.3 is 0 Å². The summed E-state index contributed by atoms with van der Waals surface area (Å²) in [5.74, 6) is -2.40. The van der Waals surface area contributed by atoms with Gasteiger partial charge in [-0.15, -0.1) is 0 Å². The van der Waals surface area contributed by atoms with E-state index in [1.54, 1.807) is 0 Å². The van der Waals surface area contributed by atoms with Gasteiger partial charge in [-0.2, -0.15) is 8.78 Å². The lowest BCUT2D eigenvalue weighted by molar-refractivity contribution is -0.0262. The summed E-state index contributed by atoms with van der Waals surface area (Å²) in [4.78, 5) is 10.9. The van der Waals surface area contributed by atoms with Gasteiger partial charge in [-0.05, 0) is 26.2 Å². The molecule has 0 amide bonds. The Morgan fingerprint density at radius 1 is 1.04 bits per heavy atom. The lowest BCUT2D eigenvalue weighted by Gasteiger charge is -2.33. The van der Waals surface area contributed by atoms with Gasteiger partial charge in [0.2, 0.25) is 5.95 Å². The van der Waals surface area contributed by atoms with Gasteiger partial charge in [0.15, 0.2) is 0 Å². The lowest BCUT2D eigenvalue weighted by atomic mass is 9.89. The number of alkyl halides is 2. The molecule has 0 saturated carbocycles. The first-order valence-corrected chi connectivity index (χ1v) is 8.16. The Hall–Kier alpha value is -2.04. The highest BCUT2D eigenvalue weighted by Crippen LogP contribution is 2.42. The number of aryl methyl sites for hydroxylation is 1. The molecule has 2 aliphatic rings. The van der Waals surface area contributed by atoms with Crippen LogP contribution in [0.1, 0.15) is 36.1 Å². The molecular weight excluding hydrogens is 296 g/mol. The van der Waals surface area contributed by atoms with Gasteiger partial charge < -0.3 is 4.90 Å². The van der Waals surface area contributed by atoms with Crippen LogP contribution in [0.2, 0.25) is 0 Å². The smallest absolute Gasteiger partial charge is 0.290 e. The average molecular weight is 315 g/mol. The Morgan fingerprint density at radius 3 is 2.43 bits per heavy atom. The number of nitrogens with zero attached hydrogens (tertiary/aromatic N) is 3. The quantitative estimate of drug-likeness (QED) is 0.836. The van der Waals surface area contributed by atoms with Gasteiger partial charge in [0.1, 0.15) is 5.69 Å². The van der Waals surface area contributed by atoms with Crippen molar-refractivity contribution in [1.29, 1.82) is 0 Å². The topological polar surface area (TPSA) is 29.0 Å². The number of aromatic nitrogens is 2. The summed E-state index contributed by atoms with van der Waals surface area (Å²) in [5.41, 5.74) is 3.28. The van der Waals surface area contributed by atoms with Crippen molar-refractivity contribution in [2.45, 2.75) is 38.5 Å². The standard InChI is InChI=1S/C18H19F2N3/c1-12-5-7-13(8-6-12)15-14-4-2-9-18(19,20)16(14)22-17(21-15)23-10-3-11-23/h5-8H,2-4,9-11H2,1H3. The van der Waals surface area contributed by atoms with Crippen molar-refractivity contribution in [3.8, 4) is 11.3 Å². The number of hydrogen-bond acceptors (Lipinski definition) is 3. The van der Waals surface area contributed by atoms with Gasteiger partial charge in [0, 0.05) is 30.6 Å². The zero-order valence-corrected chi connectivity index (χ0v) is 13.1. The minimum absolute atomic E-state index is 0.0591. The van der Waals surface area contributed by atoms with Crippen molar-refractivity contribution >= 4 is 5.95 Å². The van der Waals surface area contributed by atoms with E-state index in [1.165, 1.54) is 0 Å². The molecule has 5 heteroatoms. The van der Waals surface area contributed by atoms with E-state index >= 15 is 0 Å². The predicted molar refractivity (Wildman–Crippen MR) is 85.9 cm³/mol. The number of anilines is 1. The van der Waals surface area contributed by atoms with Crippen LogP contribution in [-0.4, -0.2) is 23.1 Å². The van der Waals surface area contributed by atoms with Crippen LogP contribution in [-0.2, 0) is 12.3 Å². The van der Waals surface area contributed by atoms with Crippen molar-refractivity contribution in [3.63, 3.8) is 0 Å². The molecule has 1 aromatic carbocycles. The largest absolute Gasteiger partial charge is 0.341 e. The molecule has 2 heterocycles. The summed E-state index contributed by atoms with van der Waals surface area (Å²) < 4.78 is 28.8. The number of halogens is 2. The molecule has 1 aliphatic heterocycles. The molecule has 1 aliphatic carbocycles. The van der Waals surface area contributed by atoms with Crippen molar-refractivity contribution in [1.82, 2.24) is 9.97 Å². The summed E-state index contributed by atoms with van der Waals surface area (Å²) in [6.07, 6.45) is 2.04. The predicted octanol–water partition coefficient (Wildman–Crippen LogP) is 4.09. The first-order valence-electron chi connectivity index (χ1n) is 8.16. The molecule has 120 valence electrons. The molecule has 4 rings (SSSR count). The van der Waals surface area contributed by atoms with E-state index in [0.717, 1.165) is 30.6 Å². The monoisotopic (exact) mass is 315 g/mol. The van der Waals surface area contributed by atoms with Crippen LogP contribution in [0.5, 0.6) is 0 Å². The minimum Gasteiger partial charge on any atom is -0.341 e. The maximum Gasteiger partial charge on any atom is 0.290 e. The van der Waals surface area contributed by atoms with E-state index in [9.17, 15) is 8.78 Å². The van der Waals surface area contributed by atoms with Crippen LogP contribution in [0.25, 0.3) is 11.3 Å². The fraction of sp³-hybridized carbons (Fsp3) is 0.444. The zero-order chi connectivity index (χ0) is 16.0. The SMILES string of the molecule is Cc1ccc(-c2nc(N3CCC3)nc3c2CCCC3(F)F)cc1. The first-order chi connectivity index (χ1) is 11.0. The average Bonchev–Trinajstić information content (AvgIpc) is 2.46. The van der Waals surface area contributed by atoms with Crippen LogP contribution >= 0.6 is 0 Å². The Morgan fingerprint density at radius 2 is 1.78 bits per heavy atom. The zero-order valence-electron chi connectivity index (χ0n) is 13.1. The molecule has 0 unspecified atom stereocenters. The Balaban J connectivity index is 1.91. The lowest BCUT2D eigenvalue weighted by Crippen LogP contribution is -2.39. The van der Waals surface area contributed by atoms with Crippen LogP contribution in [0.3, 0.4) is 0 Å². The molecule has 0 spiro atoms. The number of rotatable bonds is 2. The molecule has 1 saturated heterocycles. The molecule has 0 bridgehead atoms. The molecule has 3 nitrogen and oxygen atoms in total. The maximum absolute atomic E-state index is 14.4. The van der Waals surface area contributed by atoms with Gasteiger partial charge in [-0.25, -0.2) is 9.97 Å². The summed E-state index contributed by atoms with van der Waals surface area (Å²) >= 11 is 0. The molecule has 2 aromatic rings. The number of benzene rings is 1. The van der Waals surface area contributed by atoms with Crippen LogP contribution in [0.4, 0.5) is 14.7 Å². The number of hydrogen-bond donors (Lipinski definition) is 0. The van der Waals surface area contributed by atoms with E-state index in [1.807, 2.05) is 36.1 Å². The molecule has 0 N–H and O–H groups in total. The van der Waals surface area contributed by atoms with Gasteiger partial charge in [-0.1, -0.05) is 29.8 Å². The summed E-state index contributed by atoms with van der Waals surface area (Å²) in [7, 11) is 0. The minimum atomic E-state index is -2.85. The maximum atomic E-state index is 14.4. The van der Waals surface area contributed by atoms with E-state index < -0.39 is 5.92 Å². The van der Waals surface area contributed by atoms with Crippen molar-refractivity contribution in [2.75, 3.05) is 18.0 Å². The van der Waals surface area contributed by atoms with Gasteiger partial charge in [0.05, 0.1) is 5.69 Å². The van der Waals surface area contributed by atoms with Gasteiger partial charge in [0.25, 0.3) is 5.92 Å². The summed E-state index contributed by atoms with van der Waals surface area (Å²) in [5, 5.41) is 0. The Bertz CT molecular complexity index is 737. The third kappa shape index (κ3) is 2.48. The van der Waals surface area contributed by atoms with E-state index in [4.69, 9.17) is 0 Å². The molecule has 0 atom stereocenters. The molecule has 1 fully saturated rings. The Labute approximate surface area is 134 Å². The van der Waals surface area contributed by atoms with Crippen LogP contribution in [0, 0.1) is 6.92 Å². The highest BCUT2D eigenvalue weighted by molar-refractivity contribution is 5.67. The van der Waals surface area contributed by atoms with Crippen LogP contribution < -0.4 is 4.90 Å². The van der Waals surface area contributed by atoms with Gasteiger partial charge in [-0.3, -0.25) is 0 Å². The third-order valence-corrected chi connectivity index (χ3v) is 4.72. The van der Waals surface area contributed by atoms with E-state index in [-0.39, 0.29) is 12.1 Å². The molecular formula is C18H19F2N3. The molecule has 1 aromatic heterocycles. The highest BCUT2D eigenvalue weighted by Gasteiger charge is 2.41. The normalized spacial score (nSPS) is 19.2. The second kappa shape index (κ2) is 5.25. The van der Waals surface area contributed by atoms with E-state index in [2.05, 4.69) is 9.97 Å².